The van der Waals surface area contributed by atoms with Crippen LogP contribution in [-0.4, -0.2) is 9.97 Å². The first-order valence-corrected chi connectivity index (χ1v) is 4.37. The number of aromatic amines is 1. The van der Waals surface area contributed by atoms with E-state index in [4.69, 9.17) is 12.2 Å². The van der Waals surface area contributed by atoms with Gasteiger partial charge in [-0.15, -0.1) is 0 Å². The maximum absolute atomic E-state index is 5.14. The molecular weight excluding hydrogens is 180 g/mol. The van der Waals surface area contributed by atoms with E-state index in [0.717, 1.165) is 15.8 Å². The van der Waals surface area contributed by atoms with Crippen LogP contribution in [0.3, 0.4) is 0 Å². The molecule has 0 bridgehead atoms. The molecule has 3 heteroatoms. The maximum atomic E-state index is 5.14. The molecule has 2 aromatic rings. The zero-order valence-electron chi connectivity index (χ0n) is 6.90. The molecule has 64 valence electrons. The van der Waals surface area contributed by atoms with Gasteiger partial charge in [-0.3, -0.25) is 0 Å². The third-order valence-corrected chi connectivity index (χ3v) is 2.14. The lowest BCUT2D eigenvalue weighted by atomic mass is 10.1. The molecule has 2 rings (SSSR count). The van der Waals surface area contributed by atoms with Gasteiger partial charge in [0.1, 0.15) is 4.64 Å². The van der Waals surface area contributed by atoms with E-state index in [-0.39, 0.29) is 0 Å². The van der Waals surface area contributed by atoms with Crippen LogP contribution in [0.25, 0.3) is 11.1 Å². The summed E-state index contributed by atoms with van der Waals surface area (Å²) >= 11 is 5.14. The van der Waals surface area contributed by atoms with Crippen molar-refractivity contribution in [1.82, 2.24) is 9.97 Å². The smallest absolute Gasteiger partial charge is 0.113 e. The molecule has 13 heavy (non-hydrogen) atoms. The van der Waals surface area contributed by atoms with Crippen LogP contribution in [-0.2, 0) is 0 Å². The van der Waals surface area contributed by atoms with E-state index in [1.807, 2.05) is 30.3 Å². The van der Waals surface area contributed by atoms with E-state index >= 15 is 0 Å². The Hall–Kier alpha value is -1.48. The van der Waals surface area contributed by atoms with Gasteiger partial charge in [-0.2, -0.15) is 0 Å². The fourth-order valence-electron chi connectivity index (χ4n) is 1.17. The summed E-state index contributed by atoms with van der Waals surface area (Å²) in [6.45, 7) is 0. The lowest BCUT2D eigenvalue weighted by molar-refractivity contribution is 1.15. The Labute approximate surface area is 81.3 Å². The first-order valence-electron chi connectivity index (χ1n) is 3.96. The standard InChI is InChI=1S/C10H8N2S/c13-10-9(6-11-7-12-10)8-4-2-1-3-5-8/h1-7H,(H,11,12,13). The zero-order chi connectivity index (χ0) is 9.10. The predicted octanol–water partition coefficient (Wildman–Crippen LogP) is 2.81. The monoisotopic (exact) mass is 188 g/mol. The number of H-pyrrole nitrogens is 1. The van der Waals surface area contributed by atoms with E-state index in [9.17, 15) is 0 Å². The Bertz CT molecular complexity index is 448. The predicted molar refractivity (Wildman–Crippen MR) is 54.9 cm³/mol. The van der Waals surface area contributed by atoms with Gasteiger partial charge in [0.15, 0.2) is 0 Å². The van der Waals surface area contributed by atoms with Crippen molar-refractivity contribution in [3.8, 4) is 11.1 Å². The van der Waals surface area contributed by atoms with Gasteiger partial charge in [-0.05, 0) is 5.56 Å². The summed E-state index contributed by atoms with van der Waals surface area (Å²) in [7, 11) is 0. The number of rotatable bonds is 1. The molecule has 0 amide bonds. The van der Waals surface area contributed by atoms with Crippen LogP contribution in [0, 0.1) is 4.64 Å². The Balaban J connectivity index is 2.60. The molecule has 0 aliphatic rings. The first kappa shape index (κ1) is 8.13. The number of nitrogens with one attached hydrogen (secondary N) is 1. The Morgan fingerprint density at radius 1 is 1.15 bits per heavy atom. The highest BCUT2D eigenvalue weighted by Crippen LogP contribution is 2.17. The van der Waals surface area contributed by atoms with Gasteiger partial charge in [0.05, 0.1) is 6.33 Å². The van der Waals surface area contributed by atoms with Crippen molar-refractivity contribution in [3.05, 3.63) is 47.5 Å². The van der Waals surface area contributed by atoms with Crippen molar-refractivity contribution in [2.75, 3.05) is 0 Å². The second-order valence-corrected chi connectivity index (χ2v) is 3.07. The molecule has 1 aromatic carbocycles. The molecule has 1 heterocycles. The summed E-state index contributed by atoms with van der Waals surface area (Å²) in [6, 6.07) is 9.97. The molecule has 0 aliphatic carbocycles. The third-order valence-electron chi connectivity index (χ3n) is 1.80. The van der Waals surface area contributed by atoms with Crippen LogP contribution in [0.5, 0.6) is 0 Å². The maximum Gasteiger partial charge on any atom is 0.113 e. The topological polar surface area (TPSA) is 28.7 Å². The average Bonchev–Trinajstić information content (AvgIpc) is 2.20. The highest BCUT2D eigenvalue weighted by molar-refractivity contribution is 7.71. The quantitative estimate of drug-likeness (QED) is 0.697. The fraction of sp³-hybridized carbons (Fsp3) is 0. The van der Waals surface area contributed by atoms with Crippen LogP contribution in [0.2, 0.25) is 0 Å². The molecule has 2 nitrogen and oxygen atoms in total. The van der Waals surface area contributed by atoms with Gasteiger partial charge in [-0.1, -0.05) is 42.5 Å². The van der Waals surface area contributed by atoms with Crippen molar-refractivity contribution in [3.63, 3.8) is 0 Å². The van der Waals surface area contributed by atoms with Gasteiger partial charge >= 0.3 is 0 Å². The van der Waals surface area contributed by atoms with Gasteiger partial charge in [0, 0.05) is 11.8 Å². The Kier molecular flexibility index (Phi) is 2.19. The molecule has 0 aliphatic heterocycles. The van der Waals surface area contributed by atoms with Gasteiger partial charge < -0.3 is 4.98 Å². The summed E-state index contributed by atoms with van der Waals surface area (Å²) in [6.07, 6.45) is 3.36. The van der Waals surface area contributed by atoms with Crippen molar-refractivity contribution in [1.29, 1.82) is 0 Å². The van der Waals surface area contributed by atoms with Gasteiger partial charge in [0.25, 0.3) is 0 Å². The van der Waals surface area contributed by atoms with Crippen LogP contribution < -0.4 is 0 Å². The molecule has 0 fully saturated rings. The van der Waals surface area contributed by atoms with E-state index in [1.165, 1.54) is 0 Å². The van der Waals surface area contributed by atoms with Crippen molar-refractivity contribution in [2.45, 2.75) is 0 Å². The molecular formula is C10H8N2S. The molecule has 0 atom stereocenters. The summed E-state index contributed by atoms with van der Waals surface area (Å²) in [4.78, 5) is 6.90. The molecule has 0 saturated carbocycles. The van der Waals surface area contributed by atoms with Crippen LogP contribution in [0.15, 0.2) is 42.9 Å². The largest absolute Gasteiger partial charge is 0.337 e. The van der Waals surface area contributed by atoms with Crippen molar-refractivity contribution < 1.29 is 0 Å². The fourth-order valence-corrected chi connectivity index (χ4v) is 1.39. The second-order valence-electron chi connectivity index (χ2n) is 2.66. The molecule has 1 N–H and O–H groups in total. The normalized spacial score (nSPS) is 9.85. The van der Waals surface area contributed by atoms with E-state index in [2.05, 4.69) is 9.97 Å². The van der Waals surface area contributed by atoms with Crippen molar-refractivity contribution >= 4 is 12.2 Å². The Morgan fingerprint density at radius 3 is 2.62 bits per heavy atom. The first-order chi connectivity index (χ1) is 6.38. The van der Waals surface area contributed by atoms with Gasteiger partial charge in [-0.25, -0.2) is 4.98 Å². The summed E-state index contributed by atoms with van der Waals surface area (Å²) in [5.41, 5.74) is 2.06. The minimum atomic E-state index is 0.723. The SMILES string of the molecule is S=c1[nH]cncc1-c1ccccc1. The lowest BCUT2D eigenvalue weighted by Crippen LogP contribution is -1.83. The minimum Gasteiger partial charge on any atom is -0.337 e. The number of benzene rings is 1. The molecule has 0 unspecified atom stereocenters. The average molecular weight is 188 g/mol. The third kappa shape index (κ3) is 1.65. The van der Waals surface area contributed by atoms with Crippen LogP contribution in [0.1, 0.15) is 0 Å². The summed E-state index contributed by atoms with van der Waals surface area (Å²) in [5.74, 6) is 0. The number of aromatic nitrogens is 2. The highest BCUT2D eigenvalue weighted by Gasteiger charge is 1.97. The van der Waals surface area contributed by atoms with E-state index in [1.54, 1.807) is 12.5 Å². The molecule has 0 saturated heterocycles. The number of nitrogens with zero attached hydrogens (tertiary/aromatic N) is 1. The van der Waals surface area contributed by atoms with Crippen LogP contribution in [0.4, 0.5) is 0 Å². The van der Waals surface area contributed by atoms with Crippen molar-refractivity contribution in [2.24, 2.45) is 0 Å². The molecule has 1 aromatic heterocycles. The summed E-state index contributed by atoms with van der Waals surface area (Å²) < 4.78 is 0.723. The zero-order valence-corrected chi connectivity index (χ0v) is 7.71. The van der Waals surface area contributed by atoms with Crippen LogP contribution >= 0.6 is 12.2 Å². The van der Waals surface area contributed by atoms with E-state index < -0.39 is 0 Å². The molecule has 0 spiro atoms. The summed E-state index contributed by atoms with van der Waals surface area (Å²) in [5, 5.41) is 0. The minimum absolute atomic E-state index is 0.723. The van der Waals surface area contributed by atoms with E-state index in [0.29, 0.717) is 0 Å². The highest BCUT2D eigenvalue weighted by atomic mass is 32.1. The Morgan fingerprint density at radius 2 is 1.92 bits per heavy atom. The lowest BCUT2D eigenvalue weighted by Gasteiger charge is -1.98. The second kappa shape index (κ2) is 3.49. The number of hydrogen-bond acceptors (Lipinski definition) is 2. The molecule has 0 radical (unpaired) electrons. The van der Waals surface area contributed by atoms with Gasteiger partial charge in [0.2, 0.25) is 0 Å². The number of hydrogen-bond donors (Lipinski definition) is 1.